The van der Waals surface area contributed by atoms with Gasteiger partial charge in [-0.15, -0.1) is 0 Å². The number of rotatable bonds is 3. The first kappa shape index (κ1) is 10.8. The lowest BCUT2D eigenvalue weighted by Crippen LogP contribution is -2.00. The van der Waals surface area contributed by atoms with E-state index in [2.05, 4.69) is 21.4 Å². The summed E-state index contributed by atoms with van der Waals surface area (Å²) < 4.78 is 13.0. The van der Waals surface area contributed by atoms with E-state index in [1.165, 1.54) is 17.6 Å². The van der Waals surface area contributed by atoms with Gasteiger partial charge in [0.2, 0.25) is 0 Å². The Morgan fingerprint density at radius 2 is 2.11 bits per heavy atom. The first-order valence-corrected chi connectivity index (χ1v) is 5.72. The number of halogens is 1. The zero-order chi connectivity index (χ0) is 12.4. The number of nitrogens with one attached hydrogen (secondary N) is 2. The van der Waals surface area contributed by atoms with Gasteiger partial charge < -0.3 is 10.3 Å². The normalized spacial score (nSPS) is 10.7. The average Bonchev–Trinajstić information content (AvgIpc) is 2.84. The van der Waals surface area contributed by atoms with Gasteiger partial charge >= 0.3 is 0 Å². The van der Waals surface area contributed by atoms with Crippen LogP contribution >= 0.6 is 0 Å². The van der Waals surface area contributed by atoms with E-state index < -0.39 is 0 Å². The maximum Gasteiger partial charge on any atom is 0.143 e. The predicted octanol–water partition coefficient (Wildman–Crippen LogP) is 3.31. The molecule has 2 heterocycles. The third kappa shape index (κ3) is 2.18. The Morgan fingerprint density at radius 3 is 3.00 bits per heavy atom. The molecule has 0 aliphatic carbocycles. The van der Waals surface area contributed by atoms with Crippen molar-refractivity contribution in [3.05, 3.63) is 60.3 Å². The number of fused-ring (bicyclic) bond motifs is 1. The van der Waals surface area contributed by atoms with Crippen LogP contribution in [0.15, 0.2) is 48.9 Å². The number of nitrogens with zero attached hydrogens (tertiary/aromatic N) is 1. The summed E-state index contributed by atoms with van der Waals surface area (Å²) in [7, 11) is 0. The van der Waals surface area contributed by atoms with Gasteiger partial charge in [0.25, 0.3) is 0 Å². The van der Waals surface area contributed by atoms with Gasteiger partial charge in [0, 0.05) is 24.3 Å². The molecule has 0 saturated heterocycles. The van der Waals surface area contributed by atoms with Gasteiger partial charge in [0.05, 0.1) is 18.1 Å². The van der Waals surface area contributed by atoms with E-state index in [0.29, 0.717) is 12.2 Å². The van der Waals surface area contributed by atoms with Crippen LogP contribution in [0.5, 0.6) is 0 Å². The second-order valence-electron chi connectivity index (χ2n) is 4.14. The van der Waals surface area contributed by atoms with Crippen molar-refractivity contribution in [1.29, 1.82) is 0 Å². The lowest BCUT2D eigenvalue weighted by molar-refractivity contribution is 0.622. The molecule has 3 aromatic rings. The lowest BCUT2D eigenvalue weighted by atomic mass is 10.1. The largest absolute Gasteiger partial charge is 0.380 e. The Morgan fingerprint density at radius 1 is 1.17 bits per heavy atom. The molecule has 0 atom stereocenters. The minimum atomic E-state index is -0.332. The SMILES string of the molecule is Fc1cncc(NCc2ccc3[nH]ccc3c2)c1. The van der Waals surface area contributed by atoms with Crippen LogP contribution < -0.4 is 5.32 Å². The fourth-order valence-corrected chi connectivity index (χ4v) is 1.93. The maximum absolute atomic E-state index is 13.0. The maximum atomic E-state index is 13.0. The first-order chi connectivity index (χ1) is 8.81. The first-order valence-electron chi connectivity index (χ1n) is 5.72. The van der Waals surface area contributed by atoms with Crippen molar-refractivity contribution in [3.8, 4) is 0 Å². The second-order valence-corrected chi connectivity index (χ2v) is 4.14. The van der Waals surface area contributed by atoms with E-state index in [1.807, 2.05) is 24.4 Å². The fourth-order valence-electron chi connectivity index (χ4n) is 1.93. The van der Waals surface area contributed by atoms with E-state index >= 15 is 0 Å². The second kappa shape index (κ2) is 4.49. The molecule has 1 aromatic carbocycles. The molecular weight excluding hydrogens is 229 g/mol. The summed E-state index contributed by atoms with van der Waals surface area (Å²) >= 11 is 0. The quantitative estimate of drug-likeness (QED) is 0.738. The minimum absolute atomic E-state index is 0.332. The van der Waals surface area contributed by atoms with E-state index in [0.717, 1.165) is 11.1 Å². The van der Waals surface area contributed by atoms with Crippen molar-refractivity contribution in [3.63, 3.8) is 0 Å². The zero-order valence-electron chi connectivity index (χ0n) is 9.65. The summed E-state index contributed by atoms with van der Waals surface area (Å²) in [5.74, 6) is -0.332. The van der Waals surface area contributed by atoms with Gasteiger partial charge in [0.1, 0.15) is 5.82 Å². The molecule has 90 valence electrons. The van der Waals surface area contributed by atoms with Crippen molar-refractivity contribution >= 4 is 16.6 Å². The van der Waals surface area contributed by atoms with Crippen LogP contribution in [0.2, 0.25) is 0 Å². The highest BCUT2D eigenvalue weighted by atomic mass is 19.1. The molecule has 4 heteroatoms. The molecule has 0 amide bonds. The number of aromatic amines is 1. The third-order valence-corrected chi connectivity index (χ3v) is 2.82. The van der Waals surface area contributed by atoms with Crippen LogP contribution in [-0.2, 0) is 6.54 Å². The molecular formula is C14H12FN3. The van der Waals surface area contributed by atoms with Gasteiger partial charge in [-0.25, -0.2) is 4.39 Å². The third-order valence-electron chi connectivity index (χ3n) is 2.82. The molecule has 0 aliphatic rings. The van der Waals surface area contributed by atoms with Crippen LogP contribution in [0.3, 0.4) is 0 Å². The highest BCUT2D eigenvalue weighted by molar-refractivity contribution is 5.79. The fraction of sp³-hybridized carbons (Fsp3) is 0.0714. The van der Waals surface area contributed by atoms with E-state index in [9.17, 15) is 4.39 Å². The Bertz CT molecular complexity index is 675. The number of anilines is 1. The molecule has 0 radical (unpaired) electrons. The van der Waals surface area contributed by atoms with Crippen LogP contribution in [0.1, 0.15) is 5.56 Å². The number of hydrogen-bond acceptors (Lipinski definition) is 2. The molecule has 0 saturated carbocycles. The standard InChI is InChI=1S/C14H12FN3/c15-12-6-13(9-16-8-12)18-7-10-1-2-14-11(5-10)3-4-17-14/h1-6,8-9,17-18H,7H2. The summed E-state index contributed by atoms with van der Waals surface area (Å²) in [5.41, 5.74) is 2.95. The smallest absolute Gasteiger partial charge is 0.143 e. The molecule has 2 N–H and O–H groups in total. The van der Waals surface area contributed by atoms with E-state index in [-0.39, 0.29) is 5.82 Å². The number of H-pyrrole nitrogens is 1. The number of hydrogen-bond donors (Lipinski definition) is 2. The molecule has 0 unspecified atom stereocenters. The summed E-state index contributed by atoms with van der Waals surface area (Å²) in [6.45, 7) is 0.645. The van der Waals surface area contributed by atoms with Gasteiger partial charge in [-0.3, -0.25) is 4.98 Å². The number of pyridine rings is 1. The average molecular weight is 241 g/mol. The molecule has 0 bridgehead atoms. The van der Waals surface area contributed by atoms with Crippen molar-refractivity contribution in [2.45, 2.75) is 6.54 Å². The molecule has 0 aliphatic heterocycles. The Hall–Kier alpha value is -2.36. The van der Waals surface area contributed by atoms with Gasteiger partial charge in [0.15, 0.2) is 0 Å². The minimum Gasteiger partial charge on any atom is -0.380 e. The Kier molecular flexibility index (Phi) is 2.68. The summed E-state index contributed by atoms with van der Waals surface area (Å²) in [5, 5.41) is 4.32. The zero-order valence-corrected chi connectivity index (χ0v) is 9.65. The molecule has 18 heavy (non-hydrogen) atoms. The lowest BCUT2D eigenvalue weighted by Gasteiger charge is -2.06. The van der Waals surface area contributed by atoms with Crippen LogP contribution in [0.4, 0.5) is 10.1 Å². The van der Waals surface area contributed by atoms with Crippen LogP contribution in [-0.4, -0.2) is 9.97 Å². The van der Waals surface area contributed by atoms with E-state index in [4.69, 9.17) is 0 Å². The number of aromatic nitrogens is 2. The van der Waals surface area contributed by atoms with Crippen LogP contribution in [0, 0.1) is 5.82 Å². The van der Waals surface area contributed by atoms with Crippen LogP contribution in [0.25, 0.3) is 10.9 Å². The monoisotopic (exact) mass is 241 g/mol. The van der Waals surface area contributed by atoms with Crippen molar-refractivity contribution in [1.82, 2.24) is 9.97 Å². The van der Waals surface area contributed by atoms with Gasteiger partial charge in [-0.2, -0.15) is 0 Å². The molecule has 0 spiro atoms. The highest BCUT2D eigenvalue weighted by Gasteiger charge is 1.99. The number of benzene rings is 1. The van der Waals surface area contributed by atoms with Crippen molar-refractivity contribution < 1.29 is 4.39 Å². The molecule has 3 nitrogen and oxygen atoms in total. The summed E-state index contributed by atoms with van der Waals surface area (Å²) in [6.07, 6.45) is 4.72. The molecule has 3 rings (SSSR count). The molecule has 2 aromatic heterocycles. The predicted molar refractivity (Wildman–Crippen MR) is 69.8 cm³/mol. The summed E-state index contributed by atoms with van der Waals surface area (Å²) in [6, 6.07) is 9.64. The highest BCUT2D eigenvalue weighted by Crippen LogP contribution is 2.15. The molecule has 0 fully saturated rings. The topological polar surface area (TPSA) is 40.7 Å². The van der Waals surface area contributed by atoms with Crippen molar-refractivity contribution in [2.24, 2.45) is 0 Å². The van der Waals surface area contributed by atoms with E-state index in [1.54, 1.807) is 6.20 Å². The Balaban J connectivity index is 1.76. The summed E-state index contributed by atoms with van der Waals surface area (Å²) in [4.78, 5) is 6.94. The Labute approximate surface area is 104 Å². The van der Waals surface area contributed by atoms with Crippen molar-refractivity contribution in [2.75, 3.05) is 5.32 Å². The van der Waals surface area contributed by atoms with Gasteiger partial charge in [-0.05, 0) is 29.1 Å². The van der Waals surface area contributed by atoms with Gasteiger partial charge in [-0.1, -0.05) is 6.07 Å².